The van der Waals surface area contributed by atoms with Gasteiger partial charge in [0.1, 0.15) is 5.82 Å². The van der Waals surface area contributed by atoms with Crippen LogP contribution in [0.2, 0.25) is 0 Å². The fraction of sp³-hybridized carbons (Fsp3) is 0.278. The van der Waals surface area contributed by atoms with E-state index in [0.717, 1.165) is 17.7 Å². The molecule has 2 aromatic rings. The van der Waals surface area contributed by atoms with Crippen LogP contribution < -0.4 is 5.32 Å². The summed E-state index contributed by atoms with van der Waals surface area (Å²) < 4.78 is 12.9. The molecule has 0 bridgehead atoms. The summed E-state index contributed by atoms with van der Waals surface area (Å²) in [5.41, 5.74) is 2.20. The fourth-order valence-electron chi connectivity index (χ4n) is 2.67. The summed E-state index contributed by atoms with van der Waals surface area (Å²) in [4.78, 5) is 13.4. The van der Waals surface area contributed by atoms with Crippen molar-refractivity contribution in [3.63, 3.8) is 0 Å². The Balaban J connectivity index is 1.57. The molecule has 1 heterocycles. The van der Waals surface area contributed by atoms with E-state index >= 15 is 0 Å². The summed E-state index contributed by atoms with van der Waals surface area (Å²) in [6.07, 6.45) is 2.02. The number of thioether (sulfide) groups is 1. The third-order valence-electron chi connectivity index (χ3n) is 3.85. The zero-order valence-electron chi connectivity index (χ0n) is 12.2. The third-order valence-corrected chi connectivity index (χ3v) is 4.97. The number of halogens is 1. The van der Waals surface area contributed by atoms with Crippen LogP contribution in [0.25, 0.3) is 0 Å². The molecule has 114 valence electrons. The van der Waals surface area contributed by atoms with Gasteiger partial charge in [0.05, 0.1) is 6.04 Å². The lowest BCUT2D eigenvalue weighted by Gasteiger charge is -2.25. The molecule has 2 nitrogen and oxygen atoms in total. The highest BCUT2D eigenvalue weighted by Gasteiger charge is 2.21. The molecule has 1 atom stereocenters. The van der Waals surface area contributed by atoms with Crippen molar-refractivity contribution in [3.05, 3.63) is 65.5 Å². The molecule has 3 rings (SSSR count). The standard InChI is InChI=1S/C18H18FNOS/c19-14-8-5-13(6-9-14)7-10-18(21)20-16-11-12-22-17-4-2-1-3-15(16)17/h1-6,8-9,16H,7,10-12H2,(H,20,21). The lowest BCUT2D eigenvalue weighted by Crippen LogP contribution is -2.30. The summed E-state index contributed by atoms with van der Waals surface area (Å²) in [7, 11) is 0. The number of hydrogen-bond donors (Lipinski definition) is 1. The predicted molar refractivity (Wildman–Crippen MR) is 87.4 cm³/mol. The van der Waals surface area contributed by atoms with E-state index in [1.54, 1.807) is 12.1 Å². The first-order valence-electron chi connectivity index (χ1n) is 7.48. The third kappa shape index (κ3) is 3.69. The van der Waals surface area contributed by atoms with Gasteiger partial charge in [-0.25, -0.2) is 4.39 Å². The quantitative estimate of drug-likeness (QED) is 0.920. The average molecular weight is 315 g/mol. The molecule has 0 aromatic heterocycles. The van der Waals surface area contributed by atoms with Crippen molar-refractivity contribution < 1.29 is 9.18 Å². The van der Waals surface area contributed by atoms with Gasteiger partial charge in [0.15, 0.2) is 0 Å². The molecule has 4 heteroatoms. The molecule has 1 aliphatic heterocycles. The van der Waals surface area contributed by atoms with E-state index < -0.39 is 0 Å². The van der Waals surface area contributed by atoms with Gasteiger partial charge in [-0.3, -0.25) is 4.79 Å². The predicted octanol–water partition coefficient (Wildman–Crippen LogP) is 4.11. The second kappa shape index (κ2) is 6.97. The van der Waals surface area contributed by atoms with Crippen molar-refractivity contribution in [1.82, 2.24) is 5.32 Å². The molecule has 22 heavy (non-hydrogen) atoms. The van der Waals surface area contributed by atoms with Crippen molar-refractivity contribution in [2.75, 3.05) is 5.75 Å². The minimum absolute atomic E-state index is 0.0519. The Hall–Kier alpha value is -1.81. The highest BCUT2D eigenvalue weighted by molar-refractivity contribution is 7.99. The van der Waals surface area contributed by atoms with Gasteiger partial charge in [-0.15, -0.1) is 11.8 Å². The van der Waals surface area contributed by atoms with Crippen LogP contribution in [-0.2, 0) is 11.2 Å². The smallest absolute Gasteiger partial charge is 0.220 e. The number of benzene rings is 2. The Morgan fingerprint density at radius 3 is 2.77 bits per heavy atom. The molecule has 1 N–H and O–H groups in total. The van der Waals surface area contributed by atoms with Crippen molar-refractivity contribution in [3.8, 4) is 0 Å². The molecule has 2 aromatic carbocycles. The van der Waals surface area contributed by atoms with E-state index in [4.69, 9.17) is 0 Å². The van der Waals surface area contributed by atoms with Gasteiger partial charge >= 0.3 is 0 Å². The summed E-state index contributed by atoms with van der Waals surface area (Å²) in [6, 6.07) is 14.7. The van der Waals surface area contributed by atoms with Crippen molar-refractivity contribution >= 4 is 17.7 Å². The minimum Gasteiger partial charge on any atom is -0.349 e. The number of aryl methyl sites for hydroxylation is 1. The lowest BCUT2D eigenvalue weighted by atomic mass is 10.0. The molecule has 0 saturated heterocycles. The monoisotopic (exact) mass is 315 g/mol. The molecule has 1 amide bonds. The number of amides is 1. The normalized spacial score (nSPS) is 16.9. The molecular weight excluding hydrogens is 297 g/mol. The maximum atomic E-state index is 12.9. The van der Waals surface area contributed by atoms with Gasteiger partial charge in [-0.1, -0.05) is 30.3 Å². The van der Waals surface area contributed by atoms with E-state index in [0.29, 0.717) is 12.8 Å². The summed E-state index contributed by atoms with van der Waals surface area (Å²) in [5, 5.41) is 3.13. The minimum atomic E-state index is -0.246. The largest absolute Gasteiger partial charge is 0.349 e. The molecule has 0 spiro atoms. The van der Waals surface area contributed by atoms with Crippen LogP contribution in [-0.4, -0.2) is 11.7 Å². The van der Waals surface area contributed by atoms with E-state index in [1.807, 2.05) is 23.9 Å². The van der Waals surface area contributed by atoms with Crippen LogP contribution in [0.5, 0.6) is 0 Å². The zero-order chi connectivity index (χ0) is 15.4. The number of nitrogens with one attached hydrogen (secondary N) is 1. The number of carbonyl (C=O) groups is 1. The van der Waals surface area contributed by atoms with E-state index in [9.17, 15) is 9.18 Å². The van der Waals surface area contributed by atoms with Crippen LogP contribution in [0.3, 0.4) is 0 Å². The second-order valence-corrected chi connectivity index (χ2v) is 6.56. The van der Waals surface area contributed by atoms with Gasteiger partial charge in [0.25, 0.3) is 0 Å². The molecule has 0 saturated carbocycles. The SMILES string of the molecule is O=C(CCc1ccc(F)cc1)NC1CCSc2ccccc21. The Labute approximate surface area is 134 Å². The van der Waals surface area contributed by atoms with E-state index in [1.165, 1.54) is 22.6 Å². The van der Waals surface area contributed by atoms with Gasteiger partial charge in [-0.2, -0.15) is 0 Å². The zero-order valence-corrected chi connectivity index (χ0v) is 13.0. The first-order valence-corrected chi connectivity index (χ1v) is 8.46. The van der Waals surface area contributed by atoms with Crippen LogP contribution in [0, 0.1) is 5.82 Å². The van der Waals surface area contributed by atoms with E-state index in [-0.39, 0.29) is 17.8 Å². The Morgan fingerprint density at radius 1 is 1.18 bits per heavy atom. The molecule has 0 radical (unpaired) electrons. The topological polar surface area (TPSA) is 29.1 Å². The van der Waals surface area contributed by atoms with E-state index in [2.05, 4.69) is 17.4 Å². The number of hydrogen-bond acceptors (Lipinski definition) is 2. The van der Waals surface area contributed by atoms with Crippen LogP contribution in [0.15, 0.2) is 53.4 Å². The highest BCUT2D eigenvalue weighted by atomic mass is 32.2. The molecule has 0 fully saturated rings. The van der Waals surface area contributed by atoms with Gasteiger partial charge in [0.2, 0.25) is 5.91 Å². The summed E-state index contributed by atoms with van der Waals surface area (Å²) in [5.74, 6) is 0.834. The first-order chi connectivity index (χ1) is 10.7. The molecule has 0 aliphatic carbocycles. The number of rotatable bonds is 4. The summed E-state index contributed by atoms with van der Waals surface area (Å²) in [6.45, 7) is 0. The van der Waals surface area contributed by atoms with Crippen LogP contribution in [0.1, 0.15) is 30.0 Å². The molecular formula is C18H18FNOS. The van der Waals surface area contributed by atoms with Crippen molar-refractivity contribution in [1.29, 1.82) is 0 Å². The maximum Gasteiger partial charge on any atom is 0.220 e. The van der Waals surface area contributed by atoms with Gasteiger partial charge in [-0.05, 0) is 42.2 Å². The fourth-order valence-corrected chi connectivity index (χ4v) is 3.79. The number of carbonyl (C=O) groups excluding carboxylic acids is 1. The first kappa shape index (κ1) is 15.1. The highest BCUT2D eigenvalue weighted by Crippen LogP contribution is 2.35. The van der Waals surface area contributed by atoms with Gasteiger partial charge in [0, 0.05) is 17.1 Å². The Morgan fingerprint density at radius 2 is 1.95 bits per heavy atom. The molecule has 1 aliphatic rings. The van der Waals surface area contributed by atoms with Crippen molar-refractivity contribution in [2.24, 2.45) is 0 Å². The molecule has 1 unspecified atom stereocenters. The average Bonchev–Trinajstić information content (AvgIpc) is 2.55. The lowest BCUT2D eigenvalue weighted by molar-refractivity contribution is -0.121. The Kier molecular flexibility index (Phi) is 4.78. The second-order valence-electron chi connectivity index (χ2n) is 5.42. The summed E-state index contributed by atoms with van der Waals surface area (Å²) >= 11 is 1.84. The van der Waals surface area contributed by atoms with Crippen LogP contribution in [0.4, 0.5) is 4.39 Å². The number of fused-ring (bicyclic) bond motifs is 1. The Bertz CT molecular complexity index is 656. The van der Waals surface area contributed by atoms with Crippen molar-refractivity contribution in [2.45, 2.75) is 30.2 Å². The van der Waals surface area contributed by atoms with Gasteiger partial charge < -0.3 is 5.32 Å². The van der Waals surface area contributed by atoms with Crippen LogP contribution >= 0.6 is 11.8 Å². The maximum absolute atomic E-state index is 12.9.